The number of aromatic nitrogens is 4. The second kappa shape index (κ2) is 10.8. The van der Waals surface area contributed by atoms with Gasteiger partial charge in [-0.1, -0.05) is 41.9 Å². The zero-order valence-corrected chi connectivity index (χ0v) is 21.2. The second-order valence-electron chi connectivity index (χ2n) is 8.83. The maximum atomic E-state index is 13.7. The summed E-state index contributed by atoms with van der Waals surface area (Å²) in [6.45, 7) is 0.0441. The van der Waals surface area contributed by atoms with Crippen molar-refractivity contribution >= 4 is 40.2 Å². The quantitative estimate of drug-likeness (QED) is 0.180. The van der Waals surface area contributed by atoms with Crippen molar-refractivity contribution in [3.8, 4) is 11.1 Å². The maximum Gasteiger partial charge on any atom is 0.417 e. The van der Waals surface area contributed by atoms with Gasteiger partial charge in [-0.25, -0.2) is 14.4 Å². The van der Waals surface area contributed by atoms with Crippen LogP contribution in [0.5, 0.6) is 0 Å². The van der Waals surface area contributed by atoms with Gasteiger partial charge in [0.1, 0.15) is 17.5 Å². The first-order valence-corrected chi connectivity index (χ1v) is 12.2. The van der Waals surface area contributed by atoms with Crippen LogP contribution < -0.4 is 16.4 Å². The van der Waals surface area contributed by atoms with Crippen molar-refractivity contribution in [3.05, 3.63) is 100 Å². The SMILES string of the molecule is Nc1[nH]nc2ncc(-c3ccc(CNc4ncc(C(F)(F)F)cc4C(=O)NCc4ccc(Cl)c(F)c4)cc3)cc12. The third-order valence-corrected chi connectivity index (χ3v) is 6.39. The Kier molecular flexibility index (Phi) is 7.26. The average molecular weight is 570 g/mol. The number of nitrogens with zero attached hydrogens (tertiary/aromatic N) is 3. The van der Waals surface area contributed by atoms with Gasteiger partial charge in [0.25, 0.3) is 5.91 Å². The van der Waals surface area contributed by atoms with Crippen LogP contribution in [0.15, 0.2) is 67.0 Å². The minimum atomic E-state index is -4.70. The average Bonchev–Trinajstić information content (AvgIpc) is 3.32. The molecule has 13 heteroatoms. The van der Waals surface area contributed by atoms with E-state index in [1.807, 2.05) is 30.3 Å². The molecule has 2 aromatic carbocycles. The van der Waals surface area contributed by atoms with Gasteiger partial charge < -0.3 is 16.4 Å². The molecule has 0 unspecified atom stereocenters. The van der Waals surface area contributed by atoms with E-state index in [1.165, 1.54) is 12.1 Å². The van der Waals surface area contributed by atoms with Crippen LogP contribution in [0.4, 0.5) is 29.2 Å². The van der Waals surface area contributed by atoms with E-state index in [9.17, 15) is 22.4 Å². The fraction of sp³-hybridized carbons (Fsp3) is 0.111. The van der Waals surface area contributed by atoms with Gasteiger partial charge in [-0.2, -0.15) is 18.3 Å². The number of alkyl halides is 3. The number of rotatable bonds is 7. The minimum Gasteiger partial charge on any atom is -0.384 e. The van der Waals surface area contributed by atoms with Crippen LogP contribution in [0.1, 0.15) is 27.0 Å². The van der Waals surface area contributed by atoms with Crippen LogP contribution in [-0.4, -0.2) is 26.1 Å². The molecule has 40 heavy (non-hydrogen) atoms. The number of halogens is 5. The van der Waals surface area contributed by atoms with Gasteiger partial charge in [0.15, 0.2) is 5.65 Å². The van der Waals surface area contributed by atoms with Crippen molar-refractivity contribution in [1.82, 2.24) is 25.5 Å². The highest BCUT2D eigenvalue weighted by molar-refractivity contribution is 6.30. The molecule has 0 atom stereocenters. The molecule has 3 aromatic heterocycles. The van der Waals surface area contributed by atoms with Gasteiger partial charge in [0.2, 0.25) is 0 Å². The summed E-state index contributed by atoms with van der Waals surface area (Å²) >= 11 is 5.67. The molecule has 0 aliphatic heterocycles. The number of benzene rings is 2. The summed E-state index contributed by atoms with van der Waals surface area (Å²) in [4.78, 5) is 21.0. The van der Waals surface area contributed by atoms with Crippen molar-refractivity contribution in [2.75, 3.05) is 11.1 Å². The fourth-order valence-electron chi connectivity index (χ4n) is 3.94. The van der Waals surface area contributed by atoms with Gasteiger partial charge in [-0.15, -0.1) is 0 Å². The van der Waals surface area contributed by atoms with Gasteiger partial charge in [-0.3, -0.25) is 9.89 Å². The van der Waals surface area contributed by atoms with E-state index in [1.54, 1.807) is 6.20 Å². The molecule has 0 saturated heterocycles. The van der Waals surface area contributed by atoms with E-state index in [0.717, 1.165) is 28.8 Å². The summed E-state index contributed by atoms with van der Waals surface area (Å²) in [6, 6.07) is 13.9. The molecule has 0 fully saturated rings. The van der Waals surface area contributed by atoms with E-state index in [-0.39, 0.29) is 29.5 Å². The lowest BCUT2D eigenvalue weighted by atomic mass is 10.0. The van der Waals surface area contributed by atoms with E-state index in [4.69, 9.17) is 17.3 Å². The molecule has 0 saturated carbocycles. The number of aromatic amines is 1. The second-order valence-corrected chi connectivity index (χ2v) is 9.24. The number of fused-ring (bicyclic) bond motifs is 1. The Labute approximate surface area is 229 Å². The Balaban J connectivity index is 1.32. The van der Waals surface area contributed by atoms with E-state index >= 15 is 0 Å². The number of hydrogen-bond acceptors (Lipinski definition) is 6. The molecule has 204 valence electrons. The van der Waals surface area contributed by atoms with Gasteiger partial charge >= 0.3 is 6.18 Å². The third kappa shape index (κ3) is 5.81. The van der Waals surface area contributed by atoms with Gasteiger partial charge in [0.05, 0.1) is 21.5 Å². The third-order valence-electron chi connectivity index (χ3n) is 6.08. The van der Waals surface area contributed by atoms with E-state index in [2.05, 4.69) is 30.8 Å². The largest absolute Gasteiger partial charge is 0.417 e. The molecule has 0 aliphatic rings. The summed E-state index contributed by atoms with van der Waals surface area (Å²) in [7, 11) is 0. The highest BCUT2D eigenvalue weighted by Crippen LogP contribution is 2.31. The number of nitrogens with two attached hydrogens (primary N) is 1. The summed E-state index contributed by atoms with van der Waals surface area (Å²) in [5, 5.41) is 12.7. The molecule has 1 amide bonds. The first-order chi connectivity index (χ1) is 19.1. The van der Waals surface area contributed by atoms with Crippen LogP contribution in [0.3, 0.4) is 0 Å². The smallest absolute Gasteiger partial charge is 0.384 e. The zero-order chi connectivity index (χ0) is 28.4. The Morgan fingerprint density at radius 2 is 1.70 bits per heavy atom. The summed E-state index contributed by atoms with van der Waals surface area (Å²) in [6.07, 6.45) is -2.37. The minimum absolute atomic E-state index is 0.0399. The number of carbonyl (C=O) groups excluding carboxylic acids is 1. The van der Waals surface area contributed by atoms with Crippen molar-refractivity contribution in [3.63, 3.8) is 0 Å². The molecule has 5 N–H and O–H groups in total. The Bertz CT molecular complexity index is 1700. The summed E-state index contributed by atoms with van der Waals surface area (Å²) < 4.78 is 53.8. The molecule has 0 radical (unpaired) electrons. The van der Waals surface area contributed by atoms with Crippen LogP contribution in [0, 0.1) is 5.82 Å². The predicted octanol–water partition coefficient (Wildman–Crippen LogP) is 5.96. The number of pyridine rings is 2. The first-order valence-electron chi connectivity index (χ1n) is 11.8. The molecule has 8 nitrogen and oxygen atoms in total. The number of anilines is 2. The predicted molar refractivity (Wildman–Crippen MR) is 143 cm³/mol. The highest BCUT2D eigenvalue weighted by Gasteiger charge is 2.32. The molecule has 0 bridgehead atoms. The number of amides is 1. The van der Waals surface area contributed by atoms with Crippen molar-refractivity contribution in [2.24, 2.45) is 0 Å². The lowest BCUT2D eigenvalue weighted by Crippen LogP contribution is -2.25. The van der Waals surface area contributed by atoms with Gasteiger partial charge in [0, 0.05) is 31.0 Å². The van der Waals surface area contributed by atoms with Crippen LogP contribution in [0.2, 0.25) is 5.02 Å². The number of nitrogens with one attached hydrogen (secondary N) is 3. The number of hydrogen-bond donors (Lipinski definition) is 4. The lowest BCUT2D eigenvalue weighted by Gasteiger charge is -2.15. The molecule has 3 heterocycles. The Hall–Kier alpha value is -4.71. The monoisotopic (exact) mass is 569 g/mol. The first kappa shape index (κ1) is 26.9. The molecule has 5 rings (SSSR count). The van der Waals surface area contributed by atoms with Crippen molar-refractivity contribution in [1.29, 1.82) is 0 Å². The molecular formula is C27H20ClF4N7O. The highest BCUT2D eigenvalue weighted by atomic mass is 35.5. The Morgan fingerprint density at radius 1 is 0.950 bits per heavy atom. The summed E-state index contributed by atoms with van der Waals surface area (Å²) in [5.41, 5.74) is 7.86. The summed E-state index contributed by atoms with van der Waals surface area (Å²) in [5.74, 6) is -1.12. The molecule has 5 aromatic rings. The van der Waals surface area contributed by atoms with Crippen molar-refractivity contribution in [2.45, 2.75) is 19.3 Å². The van der Waals surface area contributed by atoms with Crippen LogP contribution >= 0.6 is 11.6 Å². The molecule has 0 aliphatic carbocycles. The van der Waals surface area contributed by atoms with Crippen LogP contribution in [-0.2, 0) is 19.3 Å². The molecule has 0 spiro atoms. The van der Waals surface area contributed by atoms with Crippen LogP contribution in [0.25, 0.3) is 22.2 Å². The zero-order valence-electron chi connectivity index (χ0n) is 20.5. The van der Waals surface area contributed by atoms with Gasteiger partial charge in [-0.05, 0) is 41.0 Å². The fourth-order valence-corrected chi connectivity index (χ4v) is 4.06. The van der Waals surface area contributed by atoms with E-state index in [0.29, 0.717) is 28.6 Å². The Morgan fingerprint density at radius 3 is 2.42 bits per heavy atom. The lowest BCUT2D eigenvalue weighted by molar-refractivity contribution is -0.137. The normalized spacial score (nSPS) is 11.5. The van der Waals surface area contributed by atoms with Crippen molar-refractivity contribution < 1.29 is 22.4 Å². The molecular weight excluding hydrogens is 550 g/mol. The number of H-pyrrole nitrogens is 1. The standard InChI is InChI=1S/C27H20ClF4N7O/c28-21-6-3-15(7-22(21)29)11-37-26(40)20-9-18(27(30,31)32)13-36-24(20)34-10-14-1-4-16(5-2-14)17-8-19-23(33)38-39-25(19)35-12-17/h1-9,12-13H,10-11H2,(H,34,36)(H,37,40)(H3,33,35,38,39). The number of carbonyl (C=O) groups is 1. The van der Waals surface area contributed by atoms with E-state index < -0.39 is 23.5 Å². The maximum absolute atomic E-state index is 13.7. The topological polar surface area (TPSA) is 122 Å². The number of nitrogen functional groups attached to an aromatic ring is 1.